The maximum atomic E-state index is 11.4. The van der Waals surface area contributed by atoms with Crippen LogP contribution in [0.25, 0.3) is 0 Å². The van der Waals surface area contributed by atoms with Crippen LogP contribution >= 0.6 is 0 Å². The highest BCUT2D eigenvalue weighted by Crippen LogP contribution is 2.31. The number of nitrogens with one attached hydrogen (secondary N) is 1. The summed E-state index contributed by atoms with van der Waals surface area (Å²) >= 11 is 0. The summed E-state index contributed by atoms with van der Waals surface area (Å²) in [6.07, 6.45) is 9.37. The van der Waals surface area contributed by atoms with Gasteiger partial charge in [0.25, 0.3) is 0 Å². The van der Waals surface area contributed by atoms with Gasteiger partial charge in [0.05, 0.1) is 42.7 Å². The van der Waals surface area contributed by atoms with Gasteiger partial charge in [-0.25, -0.2) is 4.98 Å². The molecular weight excluding hydrogens is 292 g/mol. The van der Waals surface area contributed by atoms with Crippen molar-refractivity contribution in [1.82, 2.24) is 29.7 Å². The van der Waals surface area contributed by atoms with Gasteiger partial charge in [-0.3, -0.25) is 19.7 Å². The zero-order chi connectivity index (χ0) is 16.2. The van der Waals surface area contributed by atoms with Crippen molar-refractivity contribution in [3.05, 3.63) is 42.0 Å². The van der Waals surface area contributed by atoms with Crippen LogP contribution in [-0.2, 0) is 17.9 Å². The predicted molar refractivity (Wildman–Crippen MR) is 85.2 cm³/mol. The third kappa shape index (κ3) is 3.73. The van der Waals surface area contributed by atoms with Crippen LogP contribution in [0, 0.1) is 0 Å². The average Bonchev–Trinajstić information content (AvgIpc) is 3.19. The topological polar surface area (TPSA) is 78.0 Å². The molecule has 0 saturated carbocycles. The number of nitrogens with zero attached hydrogens (tertiary/aromatic N) is 5. The molecule has 1 fully saturated rings. The van der Waals surface area contributed by atoms with Gasteiger partial charge in [-0.05, 0) is 19.4 Å². The maximum Gasteiger partial charge on any atom is 0.219 e. The summed E-state index contributed by atoms with van der Waals surface area (Å²) in [7, 11) is 1.77. The van der Waals surface area contributed by atoms with Crippen LogP contribution in [0.15, 0.2) is 24.9 Å². The van der Waals surface area contributed by atoms with Gasteiger partial charge in [0.2, 0.25) is 5.91 Å². The number of H-pyrrole nitrogens is 1. The van der Waals surface area contributed by atoms with E-state index in [-0.39, 0.29) is 11.9 Å². The van der Waals surface area contributed by atoms with Crippen LogP contribution < -0.4 is 0 Å². The fraction of sp³-hybridized carbons (Fsp3) is 0.500. The Balaban J connectivity index is 1.73. The second-order valence-electron chi connectivity index (χ2n) is 6.02. The number of carbonyl (C=O) groups excluding carboxylic acids is 1. The molecule has 0 bridgehead atoms. The summed E-state index contributed by atoms with van der Waals surface area (Å²) in [5, 5.41) is 0. The Morgan fingerprint density at radius 2 is 2.26 bits per heavy atom. The van der Waals surface area contributed by atoms with Crippen molar-refractivity contribution in [3.63, 3.8) is 0 Å². The molecule has 1 amide bonds. The molecule has 7 nitrogen and oxygen atoms in total. The summed E-state index contributed by atoms with van der Waals surface area (Å²) in [5.74, 6) is 0.0268. The lowest BCUT2D eigenvalue weighted by atomic mass is 10.1. The monoisotopic (exact) mass is 314 g/mol. The zero-order valence-corrected chi connectivity index (χ0v) is 13.6. The highest BCUT2D eigenvalue weighted by molar-refractivity contribution is 5.72. The number of hydrogen-bond acceptors (Lipinski definition) is 5. The quantitative estimate of drug-likeness (QED) is 0.905. The zero-order valence-electron chi connectivity index (χ0n) is 13.6. The fourth-order valence-electron chi connectivity index (χ4n) is 2.95. The second kappa shape index (κ2) is 6.87. The minimum atomic E-state index is 0.0268. The van der Waals surface area contributed by atoms with Gasteiger partial charge in [0.15, 0.2) is 0 Å². The summed E-state index contributed by atoms with van der Waals surface area (Å²) in [6, 6.07) is 0.272. The molecule has 7 heteroatoms. The van der Waals surface area contributed by atoms with Crippen molar-refractivity contribution in [2.75, 3.05) is 13.6 Å². The molecule has 122 valence electrons. The Morgan fingerprint density at radius 1 is 1.39 bits per heavy atom. The van der Waals surface area contributed by atoms with E-state index in [0.29, 0.717) is 6.54 Å². The molecule has 0 radical (unpaired) electrons. The molecule has 3 heterocycles. The minimum absolute atomic E-state index is 0.0268. The normalized spacial score (nSPS) is 18.3. The number of amides is 1. The van der Waals surface area contributed by atoms with Crippen molar-refractivity contribution < 1.29 is 4.79 Å². The standard InChI is InChI=1S/C16H22N6O/c1-12(23)21(2)9-14-7-17-8-15(20-14)16-4-3-5-22(16)10-13-6-18-11-19-13/h6-8,11,16H,3-5,9-10H2,1-2H3,(H,18,19)/t16-/m0/s1. The first kappa shape index (κ1) is 15.6. The molecule has 1 saturated heterocycles. The Bertz CT molecular complexity index is 656. The molecule has 3 rings (SSSR count). The van der Waals surface area contributed by atoms with E-state index in [4.69, 9.17) is 4.98 Å². The maximum absolute atomic E-state index is 11.4. The van der Waals surface area contributed by atoms with Crippen LogP contribution in [-0.4, -0.2) is 49.2 Å². The Hall–Kier alpha value is -2.28. The molecule has 1 aliphatic rings. The first-order valence-electron chi connectivity index (χ1n) is 7.87. The number of aromatic nitrogens is 4. The van der Waals surface area contributed by atoms with E-state index in [0.717, 1.165) is 43.0 Å². The number of likely N-dealkylation sites (tertiary alicyclic amines) is 1. The van der Waals surface area contributed by atoms with Crippen LogP contribution in [0.4, 0.5) is 0 Å². The summed E-state index contributed by atoms with van der Waals surface area (Å²) < 4.78 is 0. The van der Waals surface area contributed by atoms with Gasteiger partial charge in [-0.2, -0.15) is 0 Å². The lowest BCUT2D eigenvalue weighted by Gasteiger charge is -2.23. The van der Waals surface area contributed by atoms with Crippen molar-refractivity contribution in [2.45, 2.75) is 38.9 Å². The molecule has 0 aromatic carbocycles. The predicted octanol–water partition coefficient (Wildman–Crippen LogP) is 1.52. The van der Waals surface area contributed by atoms with Gasteiger partial charge in [0, 0.05) is 32.4 Å². The van der Waals surface area contributed by atoms with Gasteiger partial charge in [-0.1, -0.05) is 0 Å². The SMILES string of the molecule is CC(=O)N(C)Cc1cncc([C@@H]2CCCN2Cc2cnc[nH]2)n1. The first-order valence-corrected chi connectivity index (χ1v) is 7.87. The fourth-order valence-corrected chi connectivity index (χ4v) is 2.95. The van der Waals surface area contributed by atoms with Crippen LogP contribution in [0.5, 0.6) is 0 Å². The molecule has 2 aromatic heterocycles. The molecular formula is C16H22N6O. The van der Waals surface area contributed by atoms with E-state index < -0.39 is 0 Å². The van der Waals surface area contributed by atoms with E-state index in [1.165, 1.54) is 0 Å². The third-order valence-corrected chi connectivity index (χ3v) is 4.27. The van der Waals surface area contributed by atoms with Gasteiger partial charge in [0.1, 0.15) is 0 Å². The number of imidazole rings is 1. The number of rotatable bonds is 5. The van der Waals surface area contributed by atoms with Crippen molar-refractivity contribution in [2.24, 2.45) is 0 Å². The minimum Gasteiger partial charge on any atom is -0.347 e. The van der Waals surface area contributed by atoms with Crippen molar-refractivity contribution >= 4 is 5.91 Å². The Kier molecular flexibility index (Phi) is 4.66. The molecule has 0 unspecified atom stereocenters. The summed E-state index contributed by atoms with van der Waals surface area (Å²) in [4.78, 5) is 31.7. The lowest BCUT2D eigenvalue weighted by Crippen LogP contribution is -2.26. The van der Waals surface area contributed by atoms with Gasteiger partial charge in [-0.15, -0.1) is 0 Å². The largest absolute Gasteiger partial charge is 0.347 e. The van der Waals surface area contributed by atoms with Crippen molar-refractivity contribution in [1.29, 1.82) is 0 Å². The molecule has 0 spiro atoms. The van der Waals surface area contributed by atoms with E-state index in [2.05, 4.69) is 19.9 Å². The average molecular weight is 314 g/mol. The molecule has 1 atom stereocenters. The van der Waals surface area contributed by atoms with E-state index >= 15 is 0 Å². The molecule has 0 aliphatic carbocycles. The van der Waals surface area contributed by atoms with Crippen LogP contribution in [0.1, 0.15) is 42.9 Å². The first-order chi connectivity index (χ1) is 11.1. The third-order valence-electron chi connectivity index (χ3n) is 4.27. The van der Waals surface area contributed by atoms with E-state index in [9.17, 15) is 4.79 Å². The second-order valence-corrected chi connectivity index (χ2v) is 6.02. The summed E-state index contributed by atoms with van der Waals surface area (Å²) in [6.45, 7) is 3.93. The smallest absolute Gasteiger partial charge is 0.219 e. The number of carbonyl (C=O) groups is 1. The Morgan fingerprint density at radius 3 is 3.00 bits per heavy atom. The highest BCUT2D eigenvalue weighted by atomic mass is 16.2. The molecule has 23 heavy (non-hydrogen) atoms. The van der Waals surface area contributed by atoms with Crippen LogP contribution in [0.2, 0.25) is 0 Å². The number of hydrogen-bond donors (Lipinski definition) is 1. The van der Waals surface area contributed by atoms with Crippen molar-refractivity contribution in [3.8, 4) is 0 Å². The molecule has 2 aromatic rings. The van der Waals surface area contributed by atoms with Gasteiger partial charge < -0.3 is 9.88 Å². The molecule has 1 N–H and O–H groups in total. The van der Waals surface area contributed by atoms with Crippen LogP contribution in [0.3, 0.4) is 0 Å². The molecule has 1 aliphatic heterocycles. The van der Waals surface area contributed by atoms with E-state index in [1.54, 1.807) is 31.4 Å². The number of aromatic amines is 1. The summed E-state index contributed by atoms with van der Waals surface area (Å²) in [5.41, 5.74) is 2.92. The van der Waals surface area contributed by atoms with E-state index in [1.807, 2.05) is 12.4 Å². The van der Waals surface area contributed by atoms with Gasteiger partial charge >= 0.3 is 0 Å². The Labute approximate surface area is 135 Å². The lowest BCUT2D eigenvalue weighted by molar-refractivity contribution is -0.128. The highest BCUT2D eigenvalue weighted by Gasteiger charge is 2.27.